The van der Waals surface area contributed by atoms with Crippen LogP contribution in [0.15, 0.2) is 146 Å². The molecule has 0 atom stereocenters. The maximum Gasteiger partial charge on any atom is 0.148 e. The number of aromatic nitrogens is 3. The van der Waals surface area contributed by atoms with E-state index in [1.54, 1.807) is 30.5 Å². The SMILES string of the molecule is [2H]c1c([2H])c(C([2H])([2H])[2H])c([2H])c([2H])c1-c1ccnc(-c2[c-]c(-c3cccc4c3nc(-c3ccccc3O)n4-c3ccc(CC(C)C)cc3-c3ccccc3)cc(C(C)(C)C)c2)c1.[Pt]. The van der Waals surface area contributed by atoms with Crippen molar-refractivity contribution in [2.75, 3.05) is 0 Å². The number of nitrogens with zero attached hydrogens (tertiary/aromatic N) is 3. The minimum absolute atomic E-state index is 0. The summed E-state index contributed by atoms with van der Waals surface area (Å²) in [6.45, 7) is 7.98. The van der Waals surface area contributed by atoms with Gasteiger partial charge in [-0.3, -0.25) is 9.55 Å². The van der Waals surface area contributed by atoms with Crippen LogP contribution in [-0.4, -0.2) is 19.6 Å². The first-order valence-electron chi connectivity index (χ1n) is 22.1. The molecule has 1 N–H and O–H groups in total. The molecule has 56 heavy (non-hydrogen) atoms. The van der Waals surface area contributed by atoms with Crippen LogP contribution in [0.1, 0.15) is 60.9 Å². The number of phenolic OH excluding ortho intramolecular Hbond substituents is 1. The first-order valence-corrected chi connectivity index (χ1v) is 18.6. The van der Waals surface area contributed by atoms with Crippen LogP contribution in [0, 0.1) is 18.8 Å². The number of hydrogen-bond acceptors (Lipinski definition) is 3. The van der Waals surface area contributed by atoms with Crippen LogP contribution >= 0.6 is 0 Å². The molecular weight excluding hydrogens is 866 g/mol. The number of para-hydroxylation sites is 2. The van der Waals surface area contributed by atoms with Crippen molar-refractivity contribution >= 4 is 11.0 Å². The Morgan fingerprint density at radius 2 is 1.48 bits per heavy atom. The second-order valence-corrected chi connectivity index (χ2v) is 15.4. The summed E-state index contributed by atoms with van der Waals surface area (Å²) in [6.07, 6.45) is 2.47. The maximum absolute atomic E-state index is 11.3. The fourth-order valence-electron chi connectivity index (χ4n) is 7.11. The van der Waals surface area contributed by atoms with Gasteiger partial charge in [-0.05, 0) is 83.3 Å². The minimum Gasteiger partial charge on any atom is -0.507 e. The largest absolute Gasteiger partial charge is 0.507 e. The Morgan fingerprint density at radius 1 is 0.750 bits per heavy atom. The number of hydrogen-bond donors (Lipinski definition) is 1. The zero-order valence-electron chi connectivity index (χ0n) is 38.9. The summed E-state index contributed by atoms with van der Waals surface area (Å²) in [6, 6.07) is 39.1. The Bertz CT molecular complexity index is 2980. The van der Waals surface area contributed by atoms with Crippen molar-refractivity contribution < 1.29 is 35.8 Å². The number of phenols is 1. The molecule has 0 saturated carbocycles. The quantitative estimate of drug-likeness (QED) is 0.155. The van der Waals surface area contributed by atoms with E-state index in [0.717, 1.165) is 45.4 Å². The maximum atomic E-state index is 11.3. The van der Waals surface area contributed by atoms with Gasteiger partial charge in [-0.15, -0.1) is 29.3 Å². The van der Waals surface area contributed by atoms with Crippen LogP contribution in [0.5, 0.6) is 5.75 Å². The van der Waals surface area contributed by atoms with Crippen LogP contribution < -0.4 is 0 Å². The smallest absolute Gasteiger partial charge is 0.148 e. The number of pyridine rings is 1. The van der Waals surface area contributed by atoms with E-state index < -0.39 is 36.6 Å². The predicted molar refractivity (Wildman–Crippen MR) is 229 cm³/mol. The molecule has 0 unspecified atom stereocenters. The van der Waals surface area contributed by atoms with Crippen LogP contribution in [0.2, 0.25) is 0 Å². The number of fused-ring (bicyclic) bond motifs is 1. The first kappa shape index (κ1) is 30.6. The molecule has 5 heteroatoms. The van der Waals surface area contributed by atoms with Crippen molar-refractivity contribution in [1.82, 2.24) is 14.5 Å². The van der Waals surface area contributed by atoms with Gasteiger partial charge in [0.25, 0.3) is 0 Å². The normalized spacial score (nSPS) is 13.6. The standard InChI is InChI=1S/C51H46N3O.Pt/c1-33(2)27-35-21-24-46(44(28-35)37-13-8-7-9-14-37)54-47-17-12-16-42(49(47)53-50(54)43-15-10-11-18-48(43)55)39-29-40(31-41(30-39)51(4,5)6)45-32-38(25-26-52-45)36-22-19-34(3)20-23-36;/h7-26,28,30-33,55H,27H2,1-6H3;/q-1;/i3D3,19D,20D,22D,23D;. The van der Waals surface area contributed by atoms with E-state index in [-0.39, 0.29) is 37.8 Å². The molecule has 282 valence electrons. The van der Waals surface area contributed by atoms with Gasteiger partial charge in [0.1, 0.15) is 11.6 Å². The Balaban J connectivity index is 0.00000595. The van der Waals surface area contributed by atoms with Gasteiger partial charge in [0.15, 0.2) is 0 Å². The number of benzene rings is 6. The molecule has 2 heterocycles. The van der Waals surface area contributed by atoms with Crippen molar-refractivity contribution in [2.45, 2.75) is 53.3 Å². The Morgan fingerprint density at radius 3 is 2.21 bits per heavy atom. The van der Waals surface area contributed by atoms with Gasteiger partial charge in [-0.2, -0.15) is 0 Å². The van der Waals surface area contributed by atoms with E-state index in [1.165, 1.54) is 5.56 Å². The van der Waals surface area contributed by atoms with E-state index in [1.807, 2.05) is 54.6 Å². The molecule has 4 nitrogen and oxygen atoms in total. The van der Waals surface area contributed by atoms with Gasteiger partial charge in [0.2, 0.25) is 0 Å². The van der Waals surface area contributed by atoms with Crippen LogP contribution in [0.25, 0.3) is 72.7 Å². The average molecular weight is 919 g/mol. The van der Waals surface area contributed by atoms with Gasteiger partial charge in [-0.1, -0.05) is 142 Å². The summed E-state index contributed by atoms with van der Waals surface area (Å²) >= 11 is 0. The molecule has 0 aliphatic carbocycles. The first-order chi connectivity index (χ1) is 29.4. The van der Waals surface area contributed by atoms with Crippen molar-refractivity contribution in [2.24, 2.45) is 5.92 Å². The second kappa shape index (κ2) is 15.9. The molecule has 0 fully saturated rings. The summed E-state index contributed by atoms with van der Waals surface area (Å²) in [5.74, 6) is 1.14. The number of rotatable bonds is 8. The molecule has 2 aromatic heterocycles. The summed E-state index contributed by atoms with van der Waals surface area (Å²) in [4.78, 5) is 10.1. The number of imidazole rings is 1. The zero-order chi connectivity index (χ0) is 44.2. The summed E-state index contributed by atoms with van der Waals surface area (Å²) in [7, 11) is 0. The minimum atomic E-state index is -2.82. The van der Waals surface area contributed by atoms with Gasteiger partial charge in [0, 0.05) is 42.6 Å². The molecule has 0 aliphatic rings. The van der Waals surface area contributed by atoms with Crippen molar-refractivity contribution in [1.29, 1.82) is 0 Å². The average Bonchev–Trinajstić information content (AvgIpc) is 3.62. The summed E-state index contributed by atoms with van der Waals surface area (Å²) in [5.41, 5.74) is 9.42. The van der Waals surface area contributed by atoms with E-state index in [0.29, 0.717) is 39.6 Å². The summed E-state index contributed by atoms with van der Waals surface area (Å²) in [5, 5.41) is 11.3. The molecular formula is C51H46N3OPt-. The van der Waals surface area contributed by atoms with Crippen LogP contribution in [0.4, 0.5) is 0 Å². The monoisotopic (exact) mass is 918 g/mol. The third-order valence-corrected chi connectivity index (χ3v) is 9.84. The molecule has 8 rings (SSSR count). The van der Waals surface area contributed by atoms with Gasteiger partial charge < -0.3 is 5.11 Å². The molecule has 0 saturated heterocycles. The third kappa shape index (κ3) is 7.77. The van der Waals surface area contributed by atoms with E-state index in [9.17, 15) is 5.11 Å². The molecule has 6 aromatic carbocycles. The molecule has 0 spiro atoms. The fourth-order valence-corrected chi connectivity index (χ4v) is 7.11. The molecule has 0 aliphatic heterocycles. The van der Waals surface area contributed by atoms with E-state index in [2.05, 4.69) is 81.7 Å². The Labute approximate surface area is 355 Å². The topological polar surface area (TPSA) is 50.9 Å². The summed E-state index contributed by atoms with van der Waals surface area (Å²) < 4.78 is 60.3. The van der Waals surface area contributed by atoms with Crippen LogP contribution in [0.3, 0.4) is 0 Å². The predicted octanol–water partition coefficient (Wildman–Crippen LogP) is 13.1. The second-order valence-electron chi connectivity index (χ2n) is 15.4. The van der Waals surface area contributed by atoms with Crippen molar-refractivity contribution in [3.63, 3.8) is 0 Å². The Kier molecular flexibility index (Phi) is 8.69. The molecule has 0 bridgehead atoms. The third-order valence-electron chi connectivity index (χ3n) is 9.84. The fraction of sp³-hybridized carbons (Fsp3) is 0.176. The van der Waals surface area contributed by atoms with Crippen molar-refractivity contribution in [3.8, 4) is 67.5 Å². The number of aromatic hydroxyl groups is 1. The van der Waals surface area contributed by atoms with E-state index >= 15 is 0 Å². The molecule has 8 aromatic rings. The van der Waals surface area contributed by atoms with Gasteiger partial charge in [0.05, 0.1) is 27.8 Å². The molecule has 0 amide bonds. The van der Waals surface area contributed by atoms with Crippen LogP contribution in [-0.2, 0) is 32.9 Å². The van der Waals surface area contributed by atoms with E-state index in [4.69, 9.17) is 19.6 Å². The van der Waals surface area contributed by atoms with Gasteiger partial charge >= 0.3 is 0 Å². The van der Waals surface area contributed by atoms with Crippen molar-refractivity contribution in [3.05, 3.63) is 168 Å². The zero-order valence-corrected chi connectivity index (χ0v) is 34.2. The van der Waals surface area contributed by atoms with Gasteiger partial charge in [-0.25, -0.2) is 4.98 Å². The molecule has 0 radical (unpaired) electrons. The Hall–Kier alpha value is -5.57.